The summed E-state index contributed by atoms with van der Waals surface area (Å²) >= 11 is 1.29. The average molecular weight is 442 g/mol. The van der Waals surface area contributed by atoms with Crippen molar-refractivity contribution in [3.8, 4) is 5.75 Å². The predicted molar refractivity (Wildman–Crippen MR) is 127 cm³/mol. The van der Waals surface area contributed by atoms with Gasteiger partial charge in [0.05, 0.1) is 5.39 Å². The van der Waals surface area contributed by atoms with Crippen LogP contribution in [-0.4, -0.2) is 21.0 Å². The number of hydrogen-bond donors (Lipinski definition) is 2. The highest BCUT2D eigenvalue weighted by atomic mass is 32.1. The van der Waals surface area contributed by atoms with Crippen LogP contribution in [0.1, 0.15) is 20.8 Å². The number of benzene rings is 3. The minimum Gasteiger partial charge on any atom is -0.507 e. The number of nitrogens with zero attached hydrogens (tertiary/aromatic N) is 2. The van der Waals surface area contributed by atoms with Crippen molar-refractivity contribution in [2.75, 3.05) is 5.32 Å². The van der Waals surface area contributed by atoms with Crippen molar-refractivity contribution < 1.29 is 14.6 Å². The summed E-state index contributed by atoms with van der Waals surface area (Å²) in [6, 6.07) is 20.6. The van der Waals surface area contributed by atoms with Crippen molar-refractivity contribution in [3.05, 3.63) is 89.1 Å². The Balaban J connectivity index is 1.49. The fraction of sp³-hybridized carbons (Fsp3) is 0.0800. The molecule has 0 saturated carbocycles. The van der Waals surface area contributed by atoms with E-state index in [4.69, 9.17) is 4.74 Å². The number of fused-ring (bicyclic) bond motifs is 2. The Labute approximate surface area is 188 Å². The Morgan fingerprint density at radius 1 is 1.00 bits per heavy atom. The van der Waals surface area contributed by atoms with Crippen molar-refractivity contribution in [2.45, 2.75) is 13.5 Å². The van der Waals surface area contributed by atoms with Crippen LogP contribution in [0.3, 0.4) is 0 Å². The van der Waals surface area contributed by atoms with E-state index in [-0.39, 0.29) is 18.3 Å². The lowest BCUT2D eigenvalue weighted by Gasteiger charge is -2.11. The minimum absolute atomic E-state index is 0.212. The molecule has 0 radical (unpaired) electrons. The van der Waals surface area contributed by atoms with Crippen LogP contribution in [-0.2, 0) is 11.3 Å². The van der Waals surface area contributed by atoms with Crippen LogP contribution in [0, 0.1) is 6.92 Å². The Kier molecular flexibility index (Phi) is 5.17. The number of carbonyl (C=O) groups excluding carboxylic acids is 1. The van der Waals surface area contributed by atoms with E-state index in [9.17, 15) is 9.90 Å². The number of thiophene rings is 1. The topological polar surface area (TPSA) is 84.3 Å². The second kappa shape index (κ2) is 8.28. The maximum atomic E-state index is 12.8. The van der Waals surface area contributed by atoms with Gasteiger partial charge in [-0.2, -0.15) is 0 Å². The largest absolute Gasteiger partial charge is 0.507 e. The van der Waals surface area contributed by atoms with Gasteiger partial charge in [0.15, 0.2) is 0 Å². The van der Waals surface area contributed by atoms with Gasteiger partial charge in [-0.1, -0.05) is 54.6 Å². The number of rotatable bonds is 5. The molecule has 0 fully saturated rings. The molecule has 2 aromatic heterocycles. The van der Waals surface area contributed by atoms with E-state index in [1.807, 2.05) is 61.5 Å². The van der Waals surface area contributed by atoms with E-state index in [0.29, 0.717) is 15.5 Å². The fourth-order valence-electron chi connectivity index (χ4n) is 3.68. The van der Waals surface area contributed by atoms with Crippen LogP contribution >= 0.6 is 11.3 Å². The number of aromatic nitrogens is 2. The number of ether oxygens (including phenoxy) is 1. The van der Waals surface area contributed by atoms with Crippen molar-refractivity contribution in [3.63, 3.8) is 0 Å². The number of phenols is 1. The molecule has 0 unspecified atom stereocenters. The van der Waals surface area contributed by atoms with E-state index in [1.54, 1.807) is 12.1 Å². The highest BCUT2D eigenvalue weighted by molar-refractivity contribution is 7.20. The molecule has 0 atom stereocenters. The average Bonchev–Trinajstić information content (AvgIpc) is 3.16. The Morgan fingerprint density at radius 2 is 1.78 bits per heavy atom. The fourth-order valence-corrected chi connectivity index (χ4v) is 4.72. The number of carbonyl (C=O) groups is 1. The lowest BCUT2D eigenvalue weighted by Crippen LogP contribution is -2.04. The summed E-state index contributed by atoms with van der Waals surface area (Å²) in [5.74, 6) is 0.436. The zero-order chi connectivity index (χ0) is 22.1. The summed E-state index contributed by atoms with van der Waals surface area (Å²) in [5, 5.41) is 15.9. The van der Waals surface area contributed by atoms with Gasteiger partial charge in [-0.05, 0) is 30.2 Å². The monoisotopic (exact) mass is 441 g/mol. The third-order valence-corrected chi connectivity index (χ3v) is 6.46. The van der Waals surface area contributed by atoms with Crippen molar-refractivity contribution in [1.29, 1.82) is 0 Å². The lowest BCUT2D eigenvalue weighted by atomic mass is 10.1. The van der Waals surface area contributed by atoms with Crippen LogP contribution in [0.15, 0.2) is 73.1 Å². The van der Waals surface area contributed by atoms with Crippen molar-refractivity contribution in [2.24, 2.45) is 0 Å². The molecule has 5 aromatic rings. The summed E-state index contributed by atoms with van der Waals surface area (Å²) < 4.78 is 5.53. The molecular weight excluding hydrogens is 422 g/mol. The zero-order valence-electron chi connectivity index (χ0n) is 17.2. The number of anilines is 2. The third kappa shape index (κ3) is 3.63. The van der Waals surface area contributed by atoms with Gasteiger partial charge in [0, 0.05) is 16.5 Å². The summed E-state index contributed by atoms with van der Waals surface area (Å²) in [5.41, 5.74) is 2.51. The number of aromatic hydroxyl groups is 1. The van der Waals surface area contributed by atoms with Crippen LogP contribution in [0.2, 0.25) is 0 Å². The highest BCUT2D eigenvalue weighted by Gasteiger charge is 2.21. The number of phenolic OH excluding ortho intramolecular Hbond substituents is 1. The molecule has 0 bridgehead atoms. The highest BCUT2D eigenvalue weighted by Crippen LogP contribution is 2.37. The van der Waals surface area contributed by atoms with Gasteiger partial charge in [0.2, 0.25) is 0 Å². The first-order valence-corrected chi connectivity index (χ1v) is 10.9. The lowest BCUT2D eigenvalue weighted by molar-refractivity contribution is 0.0478. The SMILES string of the molecule is Cc1c(C(=O)OCc2ccccc2)sc2ncnc(Nc3cccc4c(O)cccc34)c12. The molecule has 0 aliphatic heterocycles. The molecule has 7 heteroatoms. The smallest absolute Gasteiger partial charge is 0.349 e. The molecule has 0 spiro atoms. The summed E-state index contributed by atoms with van der Waals surface area (Å²) in [7, 11) is 0. The molecule has 0 aliphatic rings. The second-order valence-corrected chi connectivity index (χ2v) is 8.32. The van der Waals surface area contributed by atoms with Gasteiger partial charge in [-0.15, -0.1) is 11.3 Å². The van der Waals surface area contributed by atoms with Gasteiger partial charge in [-0.3, -0.25) is 0 Å². The first-order valence-electron chi connectivity index (χ1n) is 10.0. The van der Waals surface area contributed by atoms with Gasteiger partial charge in [0.25, 0.3) is 0 Å². The van der Waals surface area contributed by atoms with Crippen LogP contribution in [0.5, 0.6) is 5.75 Å². The van der Waals surface area contributed by atoms with Crippen molar-refractivity contribution in [1.82, 2.24) is 9.97 Å². The molecule has 2 N–H and O–H groups in total. The first kappa shape index (κ1) is 20.0. The minimum atomic E-state index is -0.379. The Bertz CT molecular complexity index is 1450. The summed E-state index contributed by atoms with van der Waals surface area (Å²) in [6.07, 6.45) is 1.47. The van der Waals surface area contributed by atoms with E-state index < -0.39 is 0 Å². The van der Waals surface area contributed by atoms with E-state index in [0.717, 1.165) is 33.0 Å². The molecular formula is C25H19N3O3S. The molecule has 6 nitrogen and oxygen atoms in total. The number of esters is 1. The standard InChI is InChI=1S/C25H19N3O3S/c1-15-21-23(28-19-11-5-10-18-17(19)9-6-12-20(18)29)26-14-27-24(21)32-22(15)25(30)31-13-16-7-3-2-4-8-16/h2-12,14,29H,13H2,1H3,(H,26,27,28). The molecule has 3 aromatic carbocycles. The Hall–Kier alpha value is -3.97. The quantitative estimate of drug-likeness (QED) is 0.328. The zero-order valence-corrected chi connectivity index (χ0v) is 18.0. The van der Waals surface area contributed by atoms with E-state index in [1.165, 1.54) is 17.7 Å². The first-order chi connectivity index (χ1) is 15.6. The van der Waals surface area contributed by atoms with Gasteiger partial charge in [-0.25, -0.2) is 14.8 Å². The normalized spacial score (nSPS) is 11.0. The molecule has 158 valence electrons. The van der Waals surface area contributed by atoms with Crippen LogP contribution in [0.4, 0.5) is 11.5 Å². The molecule has 0 aliphatic carbocycles. The maximum Gasteiger partial charge on any atom is 0.349 e. The number of aryl methyl sites for hydroxylation is 1. The van der Waals surface area contributed by atoms with E-state index in [2.05, 4.69) is 15.3 Å². The molecule has 5 rings (SSSR count). The molecule has 2 heterocycles. The summed E-state index contributed by atoms with van der Waals surface area (Å²) in [4.78, 5) is 22.8. The van der Waals surface area contributed by atoms with Crippen LogP contribution in [0.25, 0.3) is 21.0 Å². The maximum absolute atomic E-state index is 12.8. The van der Waals surface area contributed by atoms with Gasteiger partial charge >= 0.3 is 5.97 Å². The van der Waals surface area contributed by atoms with Crippen molar-refractivity contribution >= 4 is 49.8 Å². The molecule has 0 amide bonds. The third-order valence-electron chi connectivity index (χ3n) is 5.28. The second-order valence-electron chi connectivity index (χ2n) is 7.32. The van der Waals surface area contributed by atoms with Gasteiger partial charge in [0.1, 0.15) is 34.2 Å². The molecule has 0 saturated heterocycles. The summed E-state index contributed by atoms with van der Waals surface area (Å²) in [6.45, 7) is 2.09. The number of nitrogens with one attached hydrogen (secondary N) is 1. The predicted octanol–water partition coefficient (Wildman–Crippen LogP) is 5.96. The Morgan fingerprint density at radius 3 is 2.62 bits per heavy atom. The van der Waals surface area contributed by atoms with E-state index >= 15 is 0 Å². The molecule has 32 heavy (non-hydrogen) atoms. The van der Waals surface area contributed by atoms with Crippen LogP contribution < -0.4 is 5.32 Å². The van der Waals surface area contributed by atoms with Gasteiger partial charge < -0.3 is 15.2 Å². The number of hydrogen-bond acceptors (Lipinski definition) is 7.